The summed E-state index contributed by atoms with van der Waals surface area (Å²) in [6, 6.07) is 32.7. The predicted octanol–water partition coefficient (Wildman–Crippen LogP) is 2.20. The molecule has 0 aliphatic carbocycles. The number of hydrogen-bond acceptors (Lipinski definition) is 1. The van der Waals surface area contributed by atoms with Crippen molar-refractivity contribution in [1.82, 2.24) is 0 Å². The van der Waals surface area contributed by atoms with Crippen molar-refractivity contribution in [3.05, 3.63) is 91.0 Å². The van der Waals surface area contributed by atoms with E-state index in [2.05, 4.69) is 91.0 Å². The average molecular weight is 352 g/mol. The Hall–Kier alpha value is -1.82. The molecule has 3 aromatic carbocycles. The monoisotopic (exact) mass is 352 g/mol. The van der Waals surface area contributed by atoms with E-state index in [1.54, 1.807) is 6.92 Å². The van der Waals surface area contributed by atoms with Crippen LogP contribution in [0.25, 0.3) is 0 Å². The molecule has 1 nitrogen and oxygen atoms in total. The summed E-state index contributed by atoms with van der Waals surface area (Å²) < 4.78 is 4.44. The molecule has 0 spiro atoms. The fraction of sp³-hybridized carbons (Fsp3) is 0.100. The van der Waals surface area contributed by atoms with Crippen LogP contribution in [-0.2, 0) is 0 Å². The molecule has 2 heteroatoms. The van der Waals surface area contributed by atoms with Gasteiger partial charge in [0.2, 0.25) is 0 Å². The first-order valence-electron chi connectivity index (χ1n) is 7.43. The van der Waals surface area contributed by atoms with Gasteiger partial charge in [-0.15, -0.1) is 0 Å². The zero-order valence-corrected chi connectivity index (χ0v) is 14.6. The van der Waals surface area contributed by atoms with Crippen molar-refractivity contribution in [1.29, 1.82) is 0 Å². The van der Waals surface area contributed by atoms with Gasteiger partial charge in [0.1, 0.15) is 0 Å². The second-order valence-electron chi connectivity index (χ2n) is 4.66. The topological polar surface area (TPSA) is 20.2 Å². The molecule has 3 rings (SSSR count). The Balaban J connectivity index is 0.000000545. The summed E-state index contributed by atoms with van der Waals surface area (Å²) in [6.45, 7) is 1.93. The summed E-state index contributed by atoms with van der Waals surface area (Å²) in [5.41, 5.74) is 0. The van der Waals surface area contributed by atoms with Crippen LogP contribution in [-0.4, -0.2) is 26.4 Å². The molecule has 3 aromatic rings. The van der Waals surface area contributed by atoms with Crippen molar-refractivity contribution in [3.8, 4) is 0 Å². The van der Waals surface area contributed by atoms with Crippen molar-refractivity contribution >= 4 is 27.7 Å². The Kier molecular flexibility index (Phi) is 6.96. The van der Waals surface area contributed by atoms with Crippen molar-refractivity contribution in [3.63, 3.8) is 0 Å². The zero-order chi connectivity index (χ0) is 15.6. The number of rotatable bonds is 3. The van der Waals surface area contributed by atoms with Gasteiger partial charge in [-0.3, -0.25) is 0 Å². The van der Waals surface area contributed by atoms with Crippen LogP contribution in [0.3, 0.4) is 0 Å². The van der Waals surface area contributed by atoms with Gasteiger partial charge in [0, 0.05) is 6.61 Å². The minimum absolute atomic E-state index is 0.250. The first-order chi connectivity index (χ1) is 10.9. The maximum atomic E-state index is 7.57. The fourth-order valence-electron chi connectivity index (χ4n) is 2.18. The second-order valence-corrected chi connectivity index (χ2v) is 9.32. The van der Waals surface area contributed by atoms with Gasteiger partial charge in [0.25, 0.3) is 0 Å². The van der Waals surface area contributed by atoms with Crippen LogP contribution in [0.5, 0.6) is 0 Å². The van der Waals surface area contributed by atoms with E-state index in [-0.39, 0.29) is 6.61 Å². The van der Waals surface area contributed by atoms with E-state index in [1.165, 1.54) is 13.1 Å². The quantitative estimate of drug-likeness (QED) is 0.717. The zero-order valence-electron chi connectivity index (χ0n) is 12.8. The molecule has 0 aliphatic rings. The molecule has 0 saturated heterocycles. The normalized spacial score (nSPS) is 9.95. The Morgan fingerprint density at radius 3 is 1.05 bits per heavy atom. The van der Waals surface area contributed by atoms with E-state index < -0.39 is 14.7 Å². The molecule has 112 valence electrons. The first-order valence-corrected chi connectivity index (χ1v) is 10.2. The molecule has 0 fully saturated rings. The third kappa shape index (κ3) is 4.59. The van der Waals surface area contributed by atoms with Crippen molar-refractivity contribution in [2.75, 3.05) is 6.61 Å². The van der Waals surface area contributed by atoms with Crippen LogP contribution in [0.2, 0.25) is 0 Å². The standard InChI is InChI=1S/C18H15As.C2H6O/c1-4-10-16(11-5-1)19(17-12-6-2-7-13-17)18-14-8-3-9-15-18;1-2-3/h1-15H;3H,2H2,1H3. The Morgan fingerprint density at radius 2 is 0.818 bits per heavy atom. The molecule has 0 atom stereocenters. The molecule has 0 saturated carbocycles. The van der Waals surface area contributed by atoms with E-state index in [4.69, 9.17) is 5.11 Å². The van der Waals surface area contributed by atoms with Gasteiger partial charge in [-0.1, -0.05) is 0 Å². The minimum atomic E-state index is -1.39. The maximum absolute atomic E-state index is 7.57. The summed E-state index contributed by atoms with van der Waals surface area (Å²) in [4.78, 5) is 0. The van der Waals surface area contributed by atoms with Crippen molar-refractivity contribution in [2.45, 2.75) is 6.92 Å². The molecule has 0 aliphatic heterocycles. The molecule has 0 heterocycles. The second kappa shape index (κ2) is 9.25. The summed E-state index contributed by atoms with van der Waals surface area (Å²) in [6.07, 6.45) is 0. The van der Waals surface area contributed by atoms with Crippen LogP contribution in [0.1, 0.15) is 6.92 Å². The molecular formula is C20H21AsO. The third-order valence-electron chi connectivity index (χ3n) is 3.04. The van der Waals surface area contributed by atoms with Crippen LogP contribution < -0.4 is 13.1 Å². The van der Waals surface area contributed by atoms with Crippen LogP contribution >= 0.6 is 0 Å². The summed E-state index contributed by atoms with van der Waals surface area (Å²) in [7, 11) is 0. The molecule has 0 radical (unpaired) electrons. The molecule has 0 amide bonds. The van der Waals surface area contributed by atoms with Gasteiger partial charge < -0.3 is 5.11 Å². The van der Waals surface area contributed by atoms with Crippen molar-refractivity contribution < 1.29 is 5.11 Å². The fourth-order valence-corrected chi connectivity index (χ4v) is 7.02. The number of hydrogen-bond donors (Lipinski definition) is 1. The molecule has 0 bridgehead atoms. The number of aliphatic hydroxyl groups excluding tert-OH is 1. The van der Waals surface area contributed by atoms with Crippen LogP contribution in [0.4, 0.5) is 0 Å². The molecule has 22 heavy (non-hydrogen) atoms. The first kappa shape index (κ1) is 16.5. The van der Waals surface area contributed by atoms with Gasteiger partial charge in [0.05, 0.1) is 0 Å². The van der Waals surface area contributed by atoms with E-state index in [9.17, 15) is 0 Å². The summed E-state index contributed by atoms with van der Waals surface area (Å²) in [5, 5.41) is 7.57. The molecule has 0 aromatic heterocycles. The van der Waals surface area contributed by atoms with Gasteiger partial charge in [-0.05, 0) is 6.92 Å². The van der Waals surface area contributed by atoms with Crippen LogP contribution in [0, 0.1) is 0 Å². The van der Waals surface area contributed by atoms with Gasteiger partial charge >= 0.3 is 119 Å². The van der Waals surface area contributed by atoms with Crippen molar-refractivity contribution in [2.24, 2.45) is 0 Å². The Labute approximate surface area is 137 Å². The van der Waals surface area contributed by atoms with Gasteiger partial charge in [0.15, 0.2) is 0 Å². The van der Waals surface area contributed by atoms with Gasteiger partial charge in [-0.2, -0.15) is 0 Å². The number of benzene rings is 3. The Bertz CT molecular complexity index is 544. The number of aliphatic hydroxyl groups is 1. The third-order valence-corrected chi connectivity index (χ3v) is 8.17. The molecule has 0 unspecified atom stereocenters. The Morgan fingerprint density at radius 1 is 0.591 bits per heavy atom. The summed E-state index contributed by atoms with van der Waals surface area (Å²) in [5.74, 6) is 0. The summed E-state index contributed by atoms with van der Waals surface area (Å²) >= 11 is -1.39. The van der Waals surface area contributed by atoms with Crippen LogP contribution in [0.15, 0.2) is 91.0 Å². The van der Waals surface area contributed by atoms with E-state index in [0.29, 0.717) is 0 Å². The van der Waals surface area contributed by atoms with E-state index >= 15 is 0 Å². The predicted molar refractivity (Wildman–Crippen MR) is 96.7 cm³/mol. The molecule has 1 N–H and O–H groups in total. The van der Waals surface area contributed by atoms with E-state index in [1.807, 2.05) is 0 Å². The SMILES string of the molecule is CCO.c1ccc([As](c2ccccc2)c2ccccc2)cc1. The van der Waals surface area contributed by atoms with Gasteiger partial charge in [-0.25, -0.2) is 0 Å². The molecular weight excluding hydrogens is 331 g/mol. The van der Waals surface area contributed by atoms with E-state index in [0.717, 1.165) is 0 Å². The average Bonchev–Trinajstić information content (AvgIpc) is 2.59.